The third-order valence-electron chi connectivity index (χ3n) is 7.97. The van der Waals surface area contributed by atoms with E-state index in [9.17, 15) is 4.79 Å². The molecule has 30 heavy (non-hydrogen) atoms. The van der Waals surface area contributed by atoms with E-state index < -0.39 is 0 Å². The molecule has 2 aliphatic carbocycles. The molecule has 0 amide bonds. The first-order valence-corrected chi connectivity index (χ1v) is 11.5. The summed E-state index contributed by atoms with van der Waals surface area (Å²) in [5.41, 5.74) is 5.25. The zero-order valence-corrected chi connectivity index (χ0v) is 17.5. The topological polar surface area (TPSA) is 61.5 Å². The minimum Gasteiger partial charge on any atom is -0.378 e. The average molecular weight is 407 g/mol. The molecule has 0 unspecified atom stereocenters. The molecule has 2 saturated heterocycles. The van der Waals surface area contributed by atoms with Crippen LogP contribution in [0.25, 0.3) is 0 Å². The van der Waals surface area contributed by atoms with Crippen molar-refractivity contribution in [3.63, 3.8) is 0 Å². The second-order valence-electron chi connectivity index (χ2n) is 9.46. The molecule has 0 radical (unpaired) electrons. The van der Waals surface area contributed by atoms with Crippen molar-refractivity contribution in [1.29, 1.82) is 0 Å². The lowest BCUT2D eigenvalue weighted by atomic mass is 9.75. The van der Waals surface area contributed by atoms with Gasteiger partial charge in [-0.05, 0) is 62.7 Å². The van der Waals surface area contributed by atoms with Gasteiger partial charge in [-0.3, -0.25) is 14.7 Å². The molecule has 2 aromatic rings. The molecule has 2 aliphatic heterocycles. The predicted octanol–water partition coefficient (Wildman–Crippen LogP) is 2.05. The number of piperidine rings is 1. The Labute approximate surface area is 177 Å². The Kier molecular flexibility index (Phi) is 4.46. The third kappa shape index (κ3) is 3.00. The number of morpholine rings is 1. The molecule has 0 bridgehead atoms. The van der Waals surface area contributed by atoms with E-state index in [4.69, 9.17) is 9.72 Å². The smallest absolute Gasteiger partial charge is 0.255 e. The Morgan fingerprint density at radius 1 is 1.00 bits per heavy atom. The number of hydrogen-bond acceptors (Lipinski definition) is 5. The number of fused-ring (bicyclic) bond motifs is 3. The fraction of sp³-hybridized carbons (Fsp3) is 0.583. The number of rotatable bonds is 2. The summed E-state index contributed by atoms with van der Waals surface area (Å²) in [5.74, 6) is 0.747. The van der Waals surface area contributed by atoms with E-state index in [-0.39, 0.29) is 11.0 Å². The monoisotopic (exact) mass is 406 g/mol. The Balaban J connectivity index is 1.22. The summed E-state index contributed by atoms with van der Waals surface area (Å²) in [6, 6.07) is 9.54. The predicted molar refractivity (Wildman–Crippen MR) is 116 cm³/mol. The van der Waals surface area contributed by atoms with Crippen LogP contribution in [0.4, 0.5) is 5.95 Å². The van der Waals surface area contributed by atoms with Gasteiger partial charge in [0.25, 0.3) is 5.56 Å². The van der Waals surface area contributed by atoms with E-state index in [2.05, 4.69) is 39.0 Å². The average Bonchev–Trinajstić information content (AvgIpc) is 3.38. The first-order chi connectivity index (χ1) is 14.7. The number of nitrogens with zero attached hydrogens (tertiary/aromatic N) is 3. The van der Waals surface area contributed by atoms with Gasteiger partial charge in [0.15, 0.2) is 0 Å². The molecule has 4 aliphatic rings. The van der Waals surface area contributed by atoms with Crippen LogP contribution < -0.4 is 10.5 Å². The van der Waals surface area contributed by atoms with Crippen LogP contribution in [-0.4, -0.2) is 60.3 Å². The van der Waals surface area contributed by atoms with Gasteiger partial charge < -0.3 is 9.64 Å². The number of H-pyrrole nitrogens is 1. The molecule has 1 N–H and O–H groups in total. The Morgan fingerprint density at radius 2 is 1.70 bits per heavy atom. The summed E-state index contributed by atoms with van der Waals surface area (Å²) < 4.78 is 5.47. The number of aromatic nitrogens is 2. The molecule has 6 nitrogen and oxygen atoms in total. The highest BCUT2D eigenvalue weighted by atomic mass is 16.5. The maximum Gasteiger partial charge on any atom is 0.255 e. The summed E-state index contributed by atoms with van der Waals surface area (Å²) in [6.07, 6.45) is 6.54. The van der Waals surface area contributed by atoms with E-state index in [0.29, 0.717) is 19.3 Å². The Hall–Kier alpha value is -2.18. The van der Waals surface area contributed by atoms with Crippen LogP contribution in [0, 0.1) is 0 Å². The number of aromatic amines is 1. The van der Waals surface area contributed by atoms with Gasteiger partial charge in [0.2, 0.25) is 5.95 Å². The number of hydrogen-bond donors (Lipinski definition) is 1. The molecule has 3 heterocycles. The highest BCUT2D eigenvalue weighted by molar-refractivity contribution is 5.40. The number of benzene rings is 1. The standard InChI is InChI=1S/C24H30N4O2/c29-22-20-5-6-24(21(20)25-23(26-22)28-11-13-30-14-12-28)7-9-27(10-8-24)19-15-17-3-1-2-4-18(17)16-19/h1-4,19H,5-16H2,(H,25,26,29). The normalized spacial score (nSPS) is 23.7. The first kappa shape index (κ1) is 18.6. The molecule has 0 saturated carbocycles. The van der Waals surface area contributed by atoms with Crippen LogP contribution in [0.2, 0.25) is 0 Å². The van der Waals surface area contributed by atoms with Gasteiger partial charge in [0, 0.05) is 30.1 Å². The first-order valence-electron chi connectivity index (χ1n) is 11.5. The molecule has 1 aromatic heterocycles. The molecule has 6 heteroatoms. The molecule has 1 spiro atoms. The zero-order chi connectivity index (χ0) is 20.1. The minimum atomic E-state index is 0.0760. The van der Waals surface area contributed by atoms with E-state index >= 15 is 0 Å². The van der Waals surface area contributed by atoms with Gasteiger partial charge in [0.05, 0.1) is 18.9 Å². The SMILES string of the molecule is O=c1[nH]c(N2CCOCC2)nc2c1CCC21CCN(C2Cc3ccccc3C2)CC1. The highest BCUT2D eigenvalue weighted by Gasteiger charge is 2.45. The minimum absolute atomic E-state index is 0.0760. The van der Waals surface area contributed by atoms with E-state index in [0.717, 1.165) is 69.1 Å². The van der Waals surface area contributed by atoms with Crippen molar-refractivity contribution in [3.05, 3.63) is 57.0 Å². The summed E-state index contributed by atoms with van der Waals surface area (Å²) in [6.45, 7) is 5.21. The zero-order valence-electron chi connectivity index (χ0n) is 17.5. The van der Waals surface area contributed by atoms with Crippen LogP contribution in [0.5, 0.6) is 0 Å². The second-order valence-corrected chi connectivity index (χ2v) is 9.46. The van der Waals surface area contributed by atoms with E-state index in [1.807, 2.05) is 0 Å². The van der Waals surface area contributed by atoms with Crippen molar-refractivity contribution >= 4 is 5.95 Å². The van der Waals surface area contributed by atoms with Gasteiger partial charge in [-0.15, -0.1) is 0 Å². The molecule has 2 fully saturated rings. The Morgan fingerprint density at radius 3 is 2.40 bits per heavy atom. The van der Waals surface area contributed by atoms with Gasteiger partial charge in [-0.1, -0.05) is 24.3 Å². The fourth-order valence-corrected chi connectivity index (χ4v) is 6.16. The lowest BCUT2D eigenvalue weighted by Gasteiger charge is -2.42. The summed E-state index contributed by atoms with van der Waals surface area (Å²) in [7, 11) is 0. The fourth-order valence-electron chi connectivity index (χ4n) is 6.16. The molecule has 6 rings (SSSR count). The van der Waals surface area contributed by atoms with E-state index in [1.54, 1.807) is 0 Å². The number of nitrogens with one attached hydrogen (secondary N) is 1. The summed E-state index contributed by atoms with van der Waals surface area (Å²) in [5, 5.41) is 0. The lowest BCUT2D eigenvalue weighted by Crippen LogP contribution is -2.47. The molecular formula is C24H30N4O2. The van der Waals surface area contributed by atoms with Crippen LogP contribution in [0.3, 0.4) is 0 Å². The molecule has 158 valence electrons. The van der Waals surface area contributed by atoms with Crippen molar-refractivity contribution in [2.45, 2.75) is 50.0 Å². The van der Waals surface area contributed by atoms with Crippen LogP contribution in [-0.2, 0) is 29.4 Å². The maximum absolute atomic E-state index is 12.8. The van der Waals surface area contributed by atoms with Gasteiger partial charge in [-0.2, -0.15) is 0 Å². The largest absolute Gasteiger partial charge is 0.378 e. The number of likely N-dealkylation sites (tertiary alicyclic amines) is 1. The van der Waals surface area contributed by atoms with Gasteiger partial charge in [-0.25, -0.2) is 4.98 Å². The lowest BCUT2D eigenvalue weighted by molar-refractivity contribution is 0.115. The summed E-state index contributed by atoms with van der Waals surface area (Å²) in [4.78, 5) is 25.8. The van der Waals surface area contributed by atoms with Crippen LogP contribution in [0.1, 0.15) is 41.6 Å². The molecular weight excluding hydrogens is 376 g/mol. The van der Waals surface area contributed by atoms with Gasteiger partial charge >= 0.3 is 0 Å². The van der Waals surface area contributed by atoms with Crippen LogP contribution >= 0.6 is 0 Å². The molecule has 0 atom stereocenters. The van der Waals surface area contributed by atoms with Crippen molar-refractivity contribution in [3.8, 4) is 0 Å². The van der Waals surface area contributed by atoms with Crippen molar-refractivity contribution in [2.75, 3.05) is 44.3 Å². The Bertz CT molecular complexity index is 978. The summed E-state index contributed by atoms with van der Waals surface area (Å²) >= 11 is 0. The van der Waals surface area contributed by atoms with Crippen LogP contribution in [0.15, 0.2) is 29.1 Å². The van der Waals surface area contributed by atoms with E-state index in [1.165, 1.54) is 24.0 Å². The van der Waals surface area contributed by atoms with Crippen molar-refractivity contribution in [2.24, 2.45) is 0 Å². The maximum atomic E-state index is 12.8. The molecule has 1 aromatic carbocycles. The second kappa shape index (κ2) is 7.20. The van der Waals surface area contributed by atoms with Gasteiger partial charge in [0.1, 0.15) is 0 Å². The number of anilines is 1. The van der Waals surface area contributed by atoms with Crippen molar-refractivity contribution < 1.29 is 4.74 Å². The number of ether oxygens (including phenoxy) is 1. The van der Waals surface area contributed by atoms with Crippen molar-refractivity contribution in [1.82, 2.24) is 14.9 Å². The highest BCUT2D eigenvalue weighted by Crippen LogP contribution is 2.45. The third-order valence-corrected chi connectivity index (χ3v) is 7.97. The quantitative estimate of drug-likeness (QED) is 0.827.